The molecule has 0 saturated heterocycles. The number of carbonyl (C=O) groups is 1. The molecule has 0 aliphatic heterocycles. The molecule has 0 aliphatic rings. The minimum atomic E-state index is -0.104. The first kappa shape index (κ1) is 19.8. The monoisotopic (exact) mass is 397 g/mol. The Morgan fingerprint density at radius 3 is 2.71 bits per heavy atom. The summed E-state index contributed by atoms with van der Waals surface area (Å²) in [4.78, 5) is 12.3. The molecule has 0 unspecified atom stereocenters. The maximum absolute atomic E-state index is 12.3. The lowest BCUT2D eigenvalue weighted by Gasteiger charge is -2.09. The Labute approximate surface area is 168 Å². The molecular weight excluding hydrogens is 374 g/mol. The standard InChI is InChI=1S/C20H23N5O2S/c1-4-11-25-18(13-16-6-5-12-24(16)2)22-23-20(25)28-14-19(26)21-15-7-9-17(27-3)10-8-15/h4-10,12H,1,11,13-14H2,2-3H3,(H,21,26). The van der Waals surface area contributed by atoms with Crippen LogP contribution in [0.1, 0.15) is 11.5 Å². The van der Waals surface area contributed by atoms with Crippen molar-refractivity contribution in [2.24, 2.45) is 7.05 Å². The zero-order valence-electron chi connectivity index (χ0n) is 16.0. The fourth-order valence-corrected chi connectivity index (χ4v) is 3.48. The molecule has 0 saturated carbocycles. The molecule has 2 heterocycles. The van der Waals surface area contributed by atoms with Crippen molar-refractivity contribution in [1.82, 2.24) is 19.3 Å². The smallest absolute Gasteiger partial charge is 0.234 e. The van der Waals surface area contributed by atoms with Gasteiger partial charge in [-0.25, -0.2) is 0 Å². The molecule has 146 valence electrons. The Hall–Kier alpha value is -3.00. The summed E-state index contributed by atoms with van der Waals surface area (Å²) in [6.07, 6.45) is 4.48. The molecule has 3 aromatic rings. The van der Waals surface area contributed by atoms with E-state index in [0.29, 0.717) is 18.1 Å². The molecule has 2 aromatic heterocycles. The molecule has 0 fully saturated rings. The Morgan fingerprint density at radius 2 is 2.07 bits per heavy atom. The second-order valence-corrected chi connectivity index (χ2v) is 7.09. The lowest BCUT2D eigenvalue weighted by Crippen LogP contribution is -2.14. The van der Waals surface area contributed by atoms with Crippen molar-refractivity contribution in [3.8, 4) is 5.75 Å². The molecule has 28 heavy (non-hydrogen) atoms. The van der Waals surface area contributed by atoms with Gasteiger partial charge >= 0.3 is 0 Å². The van der Waals surface area contributed by atoms with Gasteiger partial charge in [0, 0.05) is 37.6 Å². The van der Waals surface area contributed by atoms with Crippen LogP contribution < -0.4 is 10.1 Å². The summed E-state index contributed by atoms with van der Waals surface area (Å²) < 4.78 is 9.17. The Morgan fingerprint density at radius 1 is 1.29 bits per heavy atom. The third-order valence-electron chi connectivity index (χ3n) is 4.20. The highest BCUT2D eigenvalue weighted by Crippen LogP contribution is 2.20. The lowest BCUT2D eigenvalue weighted by molar-refractivity contribution is -0.113. The molecule has 0 atom stereocenters. The van der Waals surface area contributed by atoms with Crippen molar-refractivity contribution >= 4 is 23.4 Å². The van der Waals surface area contributed by atoms with Crippen LogP contribution in [-0.4, -0.2) is 38.1 Å². The van der Waals surface area contributed by atoms with Crippen LogP contribution in [0.3, 0.4) is 0 Å². The maximum atomic E-state index is 12.3. The van der Waals surface area contributed by atoms with Crippen LogP contribution in [0.25, 0.3) is 0 Å². The lowest BCUT2D eigenvalue weighted by atomic mass is 10.3. The van der Waals surface area contributed by atoms with Gasteiger partial charge in [0.05, 0.1) is 12.9 Å². The zero-order valence-corrected chi connectivity index (χ0v) is 16.8. The van der Waals surface area contributed by atoms with Gasteiger partial charge in [-0.3, -0.25) is 4.79 Å². The molecule has 1 amide bonds. The number of aryl methyl sites for hydroxylation is 1. The molecule has 0 spiro atoms. The van der Waals surface area contributed by atoms with Crippen LogP contribution in [-0.2, 0) is 24.8 Å². The second kappa shape index (κ2) is 9.27. The normalized spacial score (nSPS) is 10.6. The summed E-state index contributed by atoms with van der Waals surface area (Å²) in [5, 5.41) is 12.2. The van der Waals surface area contributed by atoms with E-state index >= 15 is 0 Å². The summed E-state index contributed by atoms with van der Waals surface area (Å²) in [5.41, 5.74) is 1.87. The average Bonchev–Trinajstić information content (AvgIpc) is 3.28. The number of allylic oxidation sites excluding steroid dienone is 1. The number of anilines is 1. The first-order chi connectivity index (χ1) is 13.6. The van der Waals surface area contributed by atoms with E-state index in [4.69, 9.17) is 4.74 Å². The van der Waals surface area contributed by atoms with Crippen molar-refractivity contribution in [2.45, 2.75) is 18.1 Å². The van der Waals surface area contributed by atoms with Gasteiger partial charge in [-0.05, 0) is 36.4 Å². The van der Waals surface area contributed by atoms with Crippen LogP contribution in [0.4, 0.5) is 5.69 Å². The van der Waals surface area contributed by atoms with E-state index in [9.17, 15) is 4.79 Å². The first-order valence-corrected chi connectivity index (χ1v) is 9.79. The summed E-state index contributed by atoms with van der Waals surface area (Å²) in [7, 11) is 3.61. The van der Waals surface area contributed by atoms with Crippen molar-refractivity contribution in [2.75, 3.05) is 18.2 Å². The van der Waals surface area contributed by atoms with Gasteiger partial charge in [0.25, 0.3) is 0 Å². The van der Waals surface area contributed by atoms with E-state index in [-0.39, 0.29) is 11.7 Å². The fraction of sp³-hybridized carbons (Fsp3) is 0.250. The number of hydrogen-bond donors (Lipinski definition) is 1. The van der Waals surface area contributed by atoms with Crippen molar-refractivity contribution in [3.63, 3.8) is 0 Å². The second-order valence-electron chi connectivity index (χ2n) is 6.15. The topological polar surface area (TPSA) is 74.0 Å². The van der Waals surface area contributed by atoms with Gasteiger partial charge in [0.1, 0.15) is 11.6 Å². The van der Waals surface area contributed by atoms with E-state index in [1.807, 2.05) is 23.9 Å². The van der Waals surface area contributed by atoms with Crippen LogP contribution in [0.5, 0.6) is 5.75 Å². The summed E-state index contributed by atoms with van der Waals surface area (Å²) in [6.45, 7) is 4.41. The van der Waals surface area contributed by atoms with Crippen molar-refractivity contribution in [3.05, 3.63) is 66.8 Å². The molecule has 0 bridgehead atoms. The molecule has 1 N–H and O–H groups in total. The van der Waals surface area contributed by atoms with Crippen LogP contribution in [0.2, 0.25) is 0 Å². The molecule has 0 aliphatic carbocycles. The third-order valence-corrected chi connectivity index (χ3v) is 5.17. The van der Waals surface area contributed by atoms with Gasteiger partial charge in [-0.2, -0.15) is 0 Å². The minimum Gasteiger partial charge on any atom is -0.497 e. The third kappa shape index (κ3) is 4.83. The number of ether oxygens (including phenoxy) is 1. The van der Waals surface area contributed by atoms with Gasteiger partial charge in [0.15, 0.2) is 5.16 Å². The largest absolute Gasteiger partial charge is 0.497 e. The minimum absolute atomic E-state index is 0.104. The number of benzene rings is 1. The zero-order chi connectivity index (χ0) is 19.9. The number of methoxy groups -OCH3 is 1. The number of thioether (sulfide) groups is 1. The van der Waals surface area contributed by atoms with Gasteiger partial charge < -0.3 is 19.2 Å². The Kier molecular flexibility index (Phi) is 6.54. The van der Waals surface area contributed by atoms with Crippen LogP contribution >= 0.6 is 11.8 Å². The summed E-state index contributed by atoms with van der Waals surface area (Å²) >= 11 is 1.36. The summed E-state index contributed by atoms with van der Waals surface area (Å²) in [5.74, 6) is 1.73. The molecular formula is C20H23N5O2S. The highest BCUT2D eigenvalue weighted by Gasteiger charge is 2.15. The summed E-state index contributed by atoms with van der Waals surface area (Å²) in [6, 6.07) is 11.3. The number of nitrogens with one attached hydrogen (secondary N) is 1. The number of carbonyl (C=O) groups excluding carboxylic acids is 1. The molecule has 1 aromatic carbocycles. The van der Waals surface area contributed by atoms with Gasteiger partial charge in [-0.15, -0.1) is 16.8 Å². The quantitative estimate of drug-likeness (QED) is 0.444. The van der Waals surface area contributed by atoms with E-state index in [2.05, 4.69) is 32.7 Å². The maximum Gasteiger partial charge on any atom is 0.234 e. The molecule has 0 radical (unpaired) electrons. The van der Waals surface area contributed by atoms with Crippen LogP contribution in [0, 0.1) is 0 Å². The first-order valence-electron chi connectivity index (χ1n) is 8.80. The average molecular weight is 398 g/mol. The molecule has 8 heteroatoms. The van der Waals surface area contributed by atoms with Crippen LogP contribution in [0.15, 0.2) is 60.4 Å². The van der Waals surface area contributed by atoms with Gasteiger partial charge in [0.2, 0.25) is 5.91 Å². The SMILES string of the molecule is C=CCn1c(Cc2cccn2C)nnc1SCC(=O)Nc1ccc(OC)cc1. The predicted octanol–water partition coefficient (Wildman–Crippen LogP) is 3.13. The van der Waals surface area contributed by atoms with E-state index in [1.165, 1.54) is 11.8 Å². The van der Waals surface area contributed by atoms with Gasteiger partial charge in [-0.1, -0.05) is 17.8 Å². The predicted molar refractivity (Wildman–Crippen MR) is 111 cm³/mol. The number of amides is 1. The van der Waals surface area contributed by atoms with E-state index in [1.54, 1.807) is 37.5 Å². The number of aromatic nitrogens is 4. The highest BCUT2D eigenvalue weighted by atomic mass is 32.2. The van der Waals surface area contributed by atoms with Crippen molar-refractivity contribution in [1.29, 1.82) is 0 Å². The number of rotatable bonds is 9. The number of hydrogen-bond acceptors (Lipinski definition) is 5. The van der Waals surface area contributed by atoms with E-state index < -0.39 is 0 Å². The number of nitrogens with zero attached hydrogens (tertiary/aromatic N) is 4. The highest BCUT2D eigenvalue weighted by molar-refractivity contribution is 7.99. The Bertz CT molecular complexity index is 946. The van der Waals surface area contributed by atoms with E-state index in [0.717, 1.165) is 23.0 Å². The fourth-order valence-electron chi connectivity index (χ4n) is 2.71. The molecule has 7 nitrogen and oxygen atoms in total. The Balaban J connectivity index is 1.63. The van der Waals surface area contributed by atoms with Crippen molar-refractivity contribution < 1.29 is 9.53 Å². The molecule has 3 rings (SSSR count).